The molecular formula is C16H24N2O2S. The van der Waals surface area contributed by atoms with Gasteiger partial charge in [-0.05, 0) is 55.7 Å². The maximum Gasteiger partial charge on any atom is 0.226 e. The number of carbonyl (C=O) groups is 1. The number of amides is 1. The van der Waals surface area contributed by atoms with Gasteiger partial charge >= 0.3 is 0 Å². The highest BCUT2D eigenvalue weighted by Gasteiger charge is 2.16. The van der Waals surface area contributed by atoms with E-state index in [-0.39, 0.29) is 17.4 Å². The average Bonchev–Trinajstić information content (AvgIpc) is 2.28. The predicted octanol–water partition coefficient (Wildman–Crippen LogP) is 3.72. The molecule has 0 atom stereocenters. The summed E-state index contributed by atoms with van der Waals surface area (Å²) in [6, 6.07) is 7.45. The average molecular weight is 308 g/mol. The number of ether oxygens (including phenoxy) is 1. The maximum atomic E-state index is 11.8. The Hall–Kier alpha value is -1.62. The van der Waals surface area contributed by atoms with Gasteiger partial charge in [0, 0.05) is 12.1 Å². The van der Waals surface area contributed by atoms with Crippen molar-refractivity contribution in [2.45, 2.75) is 47.1 Å². The van der Waals surface area contributed by atoms with Gasteiger partial charge in [-0.15, -0.1) is 0 Å². The molecule has 0 heterocycles. The van der Waals surface area contributed by atoms with E-state index in [2.05, 4.69) is 10.6 Å². The zero-order valence-electron chi connectivity index (χ0n) is 13.3. The first-order valence-corrected chi connectivity index (χ1v) is 7.44. The fraction of sp³-hybridized carbons (Fsp3) is 0.500. The molecule has 0 aliphatic heterocycles. The highest BCUT2D eigenvalue weighted by atomic mass is 32.1. The molecule has 0 saturated heterocycles. The molecule has 5 heteroatoms. The van der Waals surface area contributed by atoms with Gasteiger partial charge in [-0.3, -0.25) is 4.79 Å². The smallest absolute Gasteiger partial charge is 0.226 e. The van der Waals surface area contributed by atoms with Crippen molar-refractivity contribution in [3.8, 4) is 5.75 Å². The van der Waals surface area contributed by atoms with Gasteiger partial charge in [0.25, 0.3) is 0 Å². The lowest BCUT2D eigenvalue weighted by atomic mass is 9.92. The molecule has 0 saturated carbocycles. The molecule has 0 radical (unpaired) electrons. The van der Waals surface area contributed by atoms with E-state index in [0.29, 0.717) is 11.5 Å². The summed E-state index contributed by atoms with van der Waals surface area (Å²) < 4.78 is 5.56. The molecule has 0 spiro atoms. The Morgan fingerprint density at radius 1 is 1.24 bits per heavy atom. The Bertz CT molecular complexity index is 490. The third-order valence-electron chi connectivity index (χ3n) is 2.43. The SMILES string of the molecule is CC(C)Oc1ccc(NC(=S)NC(=O)CC(C)(C)C)cc1. The first-order valence-electron chi connectivity index (χ1n) is 7.03. The van der Waals surface area contributed by atoms with Gasteiger partial charge in [-0.25, -0.2) is 0 Å². The van der Waals surface area contributed by atoms with E-state index in [1.54, 1.807) is 0 Å². The summed E-state index contributed by atoms with van der Waals surface area (Å²) in [5.74, 6) is 0.720. The van der Waals surface area contributed by atoms with Crippen molar-refractivity contribution in [3.63, 3.8) is 0 Å². The Morgan fingerprint density at radius 2 is 1.81 bits per heavy atom. The van der Waals surface area contributed by atoms with Crippen molar-refractivity contribution < 1.29 is 9.53 Å². The van der Waals surface area contributed by atoms with E-state index < -0.39 is 0 Å². The molecule has 1 rings (SSSR count). The quantitative estimate of drug-likeness (QED) is 0.832. The number of nitrogens with one attached hydrogen (secondary N) is 2. The number of benzene rings is 1. The summed E-state index contributed by atoms with van der Waals surface area (Å²) in [6.45, 7) is 9.99. The number of hydrogen-bond acceptors (Lipinski definition) is 3. The van der Waals surface area contributed by atoms with E-state index in [1.807, 2.05) is 58.9 Å². The second-order valence-corrected chi connectivity index (χ2v) is 6.84. The molecule has 0 aliphatic rings. The number of hydrogen-bond donors (Lipinski definition) is 2. The monoisotopic (exact) mass is 308 g/mol. The summed E-state index contributed by atoms with van der Waals surface area (Å²) in [5.41, 5.74) is 0.752. The molecule has 1 aromatic rings. The Labute approximate surface area is 132 Å². The van der Waals surface area contributed by atoms with Crippen molar-refractivity contribution >= 4 is 28.9 Å². The lowest BCUT2D eigenvalue weighted by molar-refractivity contribution is -0.121. The van der Waals surface area contributed by atoms with Crippen LogP contribution in [0.15, 0.2) is 24.3 Å². The zero-order chi connectivity index (χ0) is 16.0. The normalized spacial score (nSPS) is 11.1. The van der Waals surface area contributed by atoms with Crippen LogP contribution in [0.25, 0.3) is 0 Å². The third kappa shape index (κ3) is 7.66. The van der Waals surface area contributed by atoms with Crippen molar-refractivity contribution in [3.05, 3.63) is 24.3 Å². The Kier molecular flexibility index (Phi) is 6.15. The van der Waals surface area contributed by atoms with Gasteiger partial charge in [0.1, 0.15) is 5.75 Å². The molecule has 1 aromatic carbocycles. The van der Waals surface area contributed by atoms with Crippen LogP contribution in [-0.4, -0.2) is 17.1 Å². The molecule has 0 bridgehead atoms. The highest BCUT2D eigenvalue weighted by molar-refractivity contribution is 7.80. The zero-order valence-corrected chi connectivity index (χ0v) is 14.1. The molecule has 21 heavy (non-hydrogen) atoms. The van der Waals surface area contributed by atoms with E-state index >= 15 is 0 Å². The number of carbonyl (C=O) groups excluding carboxylic acids is 1. The summed E-state index contributed by atoms with van der Waals surface area (Å²) in [6.07, 6.45) is 0.567. The first kappa shape index (κ1) is 17.4. The first-order chi connectivity index (χ1) is 9.65. The van der Waals surface area contributed by atoms with Gasteiger partial charge in [0.15, 0.2) is 5.11 Å². The molecule has 116 valence electrons. The van der Waals surface area contributed by atoms with Crippen LogP contribution in [0.2, 0.25) is 0 Å². The van der Waals surface area contributed by atoms with Crippen molar-refractivity contribution in [1.82, 2.24) is 5.32 Å². The second kappa shape index (κ2) is 7.41. The van der Waals surface area contributed by atoms with Crippen LogP contribution in [0.5, 0.6) is 5.75 Å². The fourth-order valence-electron chi connectivity index (χ4n) is 1.70. The van der Waals surface area contributed by atoms with Crippen LogP contribution in [0.3, 0.4) is 0 Å². The van der Waals surface area contributed by atoms with Crippen LogP contribution in [0, 0.1) is 5.41 Å². The van der Waals surface area contributed by atoms with Crippen molar-refractivity contribution in [1.29, 1.82) is 0 Å². The lowest BCUT2D eigenvalue weighted by Gasteiger charge is -2.18. The third-order valence-corrected chi connectivity index (χ3v) is 2.63. The molecule has 2 N–H and O–H groups in total. The van der Waals surface area contributed by atoms with Crippen LogP contribution in [0.4, 0.5) is 5.69 Å². The minimum Gasteiger partial charge on any atom is -0.491 e. The number of rotatable bonds is 4. The Balaban J connectivity index is 2.49. The minimum atomic E-state index is -0.0836. The predicted molar refractivity (Wildman–Crippen MR) is 90.6 cm³/mol. The molecular weight excluding hydrogens is 284 g/mol. The molecule has 0 aromatic heterocycles. The number of thiocarbonyl (C=S) groups is 1. The van der Waals surface area contributed by atoms with Crippen molar-refractivity contribution in [2.75, 3.05) is 5.32 Å². The molecule has 0 fully saturated rings. The van der Waals surface area contributed by atoms with Crippen LogP contribution in [-0.2, 0) is 4.79 Å². The molecule has 0 unspecified atom stereocenters. The van der Waals surface area contributed by atoms with Crippen LogP contribution < -0.4 is 15.4 Å². The van der Waals surface area contributed by atoms with E-state index in [9.17, 15) is 4.79 Å². The van der Waals surface area contributed by atoms with E-state index in [0.717, 1.165) is 11.4 Å². The van der Waals surface area contributed by atoms with E-state index in [4.69, 9.17) is 17.0 Å². The number of anilines is 1. The summed E-state index contributed by atoms with van der Waals surface area (Å²) in [7, 11) is 0. The topological polar surface area (TPSA) is 50.4 Å². The lowest BCUT2D eigenvalue weighted by Crippen LogP contribution is -2.36. The van der Waals surface area contributed by atoms with Gasteiger partial charge in [0.2, 0.25) is 5.91 Å². The summed E-state index contributed by atoms with van der Waals surface area (Å²) in [4.78, 5) is 11.8. The molecule has 0 aliphatic carbocycles. The maximum absolute atomic E-state index is 11.8. The largest absolute Gasteiger partial charge is 0.491 e. The van der Waals surface area contributed by atoms with Gasteiger partial charge < -0.3 is 15.4 Å². The van der Waals surface area contributed by atoms with Crippen LogP contribution >= 0.6 is 12.2 Å². The standard InChI is InChI=1S/C16H24N2O2S/c1-11(2)20-13-8-6-12(7-9-13)17-15(21)18-14(19)10-16(3,4)5/h6-9,11H,10H2,1-5H3,(H2,17,18,19,21). The van der Waals surface area contributed by atoms with Crippen molar-refractivity contribution in [2.24, 2.45) is 5.41 Å². The minimum absolute atomic E-state index is 0.0600. The van der Waals surface area contributed by atoms with Gasteiger partial charge in [0.05, 0.1) is 6.10 Å². The molecule has 1 amide bonds. The van der Waals surface area contributed by atoms with Gasteiger partial charge in [-0.2, -0.15) is 0 Å². The summed E-state index contributed by atoms with van der Waals surface area (Å²) >= 11 is 5.13. The highest BCUT2D eigenvalue weighted by Crippen LogP contribution is 2.18. The van der Waals surface area contributed by atoms with Gasteiger partial charge in [-0.1, -0.05) is 20.8 Å². The second-order valence-electron chi connectivity index (χ2n) is 6.43. The summed E-state index contributed by atoms with van der Waals surface area (Å²) in [5, 5.41) is 5.97. The molecule has 4 nitrogen and oxygen atoms in total. The fourth-order valence-corrected chi connectivity index (χ4v) is 1.94. The van der Waals surface area contributed by atoms with Crippen LogP contribution in [0.1, 0.15) is 41.0 Å². The van der Waals surface area contributed by atoms with E-state index in [1.165, 1.54) is 0 Å². The Morgan fingerprint density at radius 3 is 2.29 bits per heavy atom.